The second kappa shape index (κ2) is 4.43. The van der Waals surface area contributed by atoms with Crippen molar-refractivity contribution in [1.82, 2.24) is 0 Å². The monoisotopic (exact) mass is 222 g/mol. The van der Waals surface area contributed by atoms with Gasteiger partial charge in [0.25, 0.3) is 0 Å². The molecule has 88 valence electrons. The molecular weight excluding hydrogens is 204 g/mol. The van der Waals surface area contributed by atoms with E-state index in [9.17, 15) is 4.79 Å². The van der Waals surface area contributed by atoms with E-state index in [1.807, 2.05) is 38.8 Å². The van der Waals surface area contributed by atoms with Gasteiger partial charge in [-0.3, -0.25) is 0 Å². The van der Waals surface area contributed by atoms with E-state index in [4.69, 9.17) is 10.8 Å². The summed E-state index contributed by atoms with van der Waals surface area (Å²) in [5.41, 5.74) is 7.91. The van der Waals surface area contributed by atoms with Crippen LogP contribution in [0.5, 0.6) is 0 Å². The third-order valence-corrected chi connectivity index (χ3v) is 2.78. The van der Waals surface area contributed by atoms with Gasteiger partial charge >= 0.3 is 5.97 Å². The second-order valence-electron chi connectivity index (χ2n) is 4.23. The Kier molecular flexibility index (Phi) is 3.42. The SMILES string of the molecule is Cc1cc(N(C)C(C)C)cc(C(=O)O)c1N. The molecule has 4 nitrogen and oxygen atoms in total. The molecule has 0 saturated heterocycles. The highest BCUT2D eigenvalue weighted by atomic mass is 16.4. The van der Waals surface area contributed by atoms with Gasteiger partial charge in [0, 0.05) is 24.5 Å². The van der Waals surface area contributed by atoms with Crippen molar-refractivity contribution in [3.63, 3.8) is 0 Å². The minimum atomic E-state index is -0.986. The zero-order valence-corrected chi connectivity index (χ0v) is 10.1. The number of aryl methyl sites for hydroxylation is 1. The lowest BCUT2D eigenvalue weighted by Crippen LogP contribution is -2.26. The maximum Gasteiger partial charge on any atom is 0.337 e. The van der Waals surface area contributed by atoms with Crippen molar-refractivity contribution >= 4 is 17.3 Å². The number of hydrogen-bond donors (Lipinski definition) is 2. The number of anilines is 2. The second-order valence-corrected chi connectivity index (χ2v) is 4.23. The summed E-state index contributed by atoms with van der Waals surface area (Å²) in [7, 11) is 1.93. The molecule has 1 rings (SSSR count). The number of nitrogens with two attached hydrogens (primary N) is 1. The van der Waals surface area contributed by atoms with E-state index >= 15 is 0 Å². The molecule has 0 unspecified atom stereocenters. The molecule has 0 atom stereocenters. The average Bonchev–Trinajstić information content (AvgIpc) is 2.20. The van der Waals surface area contributed by atoms with Crippen LogP contribution in [-0.4, -0.2) is 24.2 Å². The van der Waals surface area contributed by atoms with Crippen LogP contribution in [0.1, 0.15) is 29.8 Å². The van der Waals surface area contributed by atoms with Gasteiger partial charge in [0.15, 0.2) is 0 Å². The number of carbonyl (C=O) groups is 1. The Hall–Kier alpha value is -1.71. The molecule has 0 fully saturated rings. The number of carboxylic acid groups (broad SMARTS) is 1. The van der Waals surface area contributed by atoms with Crippen molar-refractivity contribution in [2.24, 2.45) is 0 Å². The fourth-order valence-electron chi connectivity index (χ4n) is 1.46. The number of hydrogen-bond acceptors (Lipinski definition) is 3. The van der Waals surface area contributed by atoms with E-state index in [0.29, 0.717) is 11.7 Å². The molecule has 0 radical (unpaired) electrons. The van der Waals surface area contributed by atoms with Gasteiger partial charge in [-0.25, -0.2) is 4.79 Å². The topological polar surface area (TPSA) is 66.6 Å². The zero-order valence-electron chi connectivity index (χ0n) is 10.1. The number of benzene rings is 1. The van der Waals surface area contributed by atoms with Crippen LogP contribution in [0.4, 0.5) is 11.4 Å². The molecule has 0 saturated carbocycles. The van der Waals surface area contributed by atoms with Gasteiger partial charge in [0.05, 0.1) is 5.56 Å². The highest BCUT2D eigenvalue weighted by Gasteiger charge is 2.14. The fraction of sp³-hybridized carbons (Fsp3) is 0.417. The van der Waals surface area contributed by atoms with Gasteiger partial charge in [-0.2, -0.15) is 0 Å². The van der Waals surface area contributed by atoms with E-state index < -0.39 is 5.97 Å². The molecule has 1 aromatic carbocycles. The summed E-state index contributed by atoms with van der Waals surface area (Å²) in [6.07, 6.45) is 0. The van der Waals surface area contributed by atoms with Gasteiger partial charge < -0.3 is 15.7 Å². The van der Waals surface area contributed by atoms with Crippen LogP contribution < -0.4 is 10.6 Å². The van der Waals surface area contributed by atoms with E-state index in [2.05, 4.69) is 0 Å². The van der Waals surface area contributed by atoms with Crippen LogP contribution in [-0.2, 0) is 0 Å². The van der Waals surface area contributed by atoms with Crippen LogP contribution in [0.15, 0.2) is 12.1 Å². The van der Waals surface area contributed by atoms with Crippen LogP contribution in [0.2, 0.25) is 0 Å². The van der Waals surface area contributed by atoms with Crippen molar-refractivity contribution in [3.05, 3.63) is 23.3 Å². The first-order valence-corrected chi connectivity index (χ1v) is 5.20. The zero-order chi connectivity index (χ0) is 12.5. The lowest BCUT2D eigenvalue weighted by molar-refractivity contribution is 0.0698. The van der Waals surface area contributed by atoms with Crippen LogP contribution in [0.3, 0.4) is 0 Å². The van der Waals surface area contributed by atoms with Crippen molar-refractivity contribution < 1.29 is 9.90 Å². The minimum Gasteiger partial charge on any atom is -0.478 e. The van der Waals surface area contributed by atoms with Crippen LogP contribution >= 0.6 is 0 Å². The predicted octanol–water partition coefficient (Wildman–Crippen LogP) is 2.12. The molecule has 0 spiro atoms. The summed E-state index contributed by atoms with van der Waals surface area (Å²) in [5, 5.41) is 9.04. The van der Waals surface area contributed by atoms with E-state index in [0.717, 1.165) is 11.3 Å². The van der Waals surface area contributed by atoms with Gasteiger partial charge in [-0.05, 0) is 38.5 Å². The molecular formula is C12H18N2O2. The van der Waals surface area contributed by atoms with Gasteiger partial charge in [0.1, 0.15) is 0 Å². The normalized spacial score (nSPS) is 10.6. The molecule has 0 aromatic heterocycles. The summed E-state index contributed by atoms with van der Waals surface area (Å²) >= 11 is 0. The first-order valence-electron chi connectivity index (χ1n) is 5.20. The maximum absolute atomic E-state index is 11.0. The molecule has 1 aromatic rings. The molecule has 0 amide bonds. The Morgan fingerprint density at radius 2 is 2.00 bits per heavy atom. The summed E-state index contributed by atoms with van der Waals surface area (Å²) in [6.45, 7) is 5.91. The van der Waals surface area contributed by atoms with Crippen molar-refractivity contribution in [2.45, 2.75) is 26.8 Å². The molecule has 0 aliphatic carbocycles. The standard InChI is InChI=1S/C12H18N2O2/c1-7(2)14(4)9-5-8(3)11(13)10(6-9)12(15)16/h5-7H,13H2,1-4H3,(H,15,16). The molecule has 0 aliphatic heterocycles. The van der Waals surface area contributed by atoms with Gasteiger partial charge in [0.2, 0.25) is 0 Å². The number of rotatable bonds is 3. The Bertz CT molecular complexity index is 414. The van der Waals surface area contributed by atoms with Crippen molar-refractivity contribution in [2.75, 3.05) is 17.7 Å². The molecule has 0 bridgehead atoms. The quantitative estimate of drug-likeness (QED) is 0.769. The number of carboxylic acids is 1. The predicted molar refractivity (Wildman–Crippen MR) is 66.1 cm³/mol. The molecule has 3 N–H and O–H groups in total. The molecule has 16 heavy (non-hydrogen) atoms. The van der Waals surface area contributed by atoms with Crippen molar-refractivity contribution in [3.8, 4) is 0 Å². The average molecular weight is 222 g/mol. The Balaban J connectivity index is 3.29. The number of nitrogens with zero attached hydrogens (tertiary/aromatic N) is 1. The van der Waals surface area contributed by atoms with Gasteiger partial charge in [-0.15, -0.1) is 0 Å². The first-order chi connectivity index (χ1) is 7.34. The van der Waals surface area contributed by atoms with E-state index in [1.165, 1.54) is 0 Å². The summed E-state index contributed by atoms with van der Waals surface area (Å²) in [6, 6.07) is 3.83. The molecule has 4 heteroatoms. The number of aromatic carboxylic acids is 1. The van der Waals surface area contributed by atoms with E-state index in [1.54, 1.807) is 6.07 Å². The minimum absolute atomic E-state index is 0.169. The largest absolute Gasteiger partial charge is 0.478 e. The third-order valence-electron chi connectivity index (χ3n) is 2.78. The number of nitrogen functional groups attached to an aromatic ring is 1. The van der Waals surface area contributed by atoms with Crippen molar-refractivity contribution in [1.29, 1.82) is 0 Å². The Morgan fingerprint density at radius 1 is 1.44 bits per heavy atom. The highest BCUT2D eigenvalue weighted by molar-refractivity contribution is 5.95. The summed E-state index contributed by atoms with van der Waals surface area (Å²) in [5.74, 6) is -0.986. The Morgan fingerprint density at radius 3 is 2.44 bits per heavy atom. The van der Waals surface area contributed by atoms with Crippen LogP contribution in [0, 0.1) is 6.92 Å². The molecule has 0 aliphatic rings. The lowest BCUT2D eigenvalue weighted by Gasteiger charge is -2.25. The summed E-state index contributed by atoms with van der Waals surface area (Å²) in [4.78, 5) is 13.0. The lowest BCUT2D eigenvalue weighted by atomic mass is 10.1. The van der Waals surface area contributed by atoms with Crippen LogP contribution in [0.25, 0.3) is 0 Å². The maximum atomic E-state index is 11.0. The smallest absolute Gasteiger partial charge is 0.337 e. The fourth-order valence-corrected chi connectivity index (χ4v) is 1.46. The highest BCUT2D eigenvalue weighted by Crippen LogP contribution is 2.25. The molecule has 0 heterocycles. The van der Waals surface area contributed by atoms with Gasteiger partial charge in [-0.1, -0.05) is 0 Å². The Labute approximate surface area is 95.7 Å². The summed E-state index contributed by atoms with van der Waals surface area (Å²) < 4.78 is 0. The van der Waals surface area contributed by atoms with E-state index in [-0.39, 0.29) is 5.56 Å². The first kappa shape index (κ1) is 12.4. The third kappa shape index (κ3) is 2.27.